The average Bonchev–Trinajstić information content (AvgIpc) is 3.14. The van der Waals surface area contributed by atoms with E-state index < -0.39 is 48.0 Å². The van der Waals surface area contributed by atoms with E-state index in [-0.39, 0.29) is 17.0 Å². The zero-order chi connectivity index (χ0) is 29.8. The summed E-state index contributed by atoms with van der Waals surface area (Å²) < 4.78 is 20.6. The van der Waals surface area contributed by atoms with Crippen LogP contribution in [-0.4, -0.2) is 71.1 Å². The summed E-state index contributed by atoms with van der Waals surface area (Å²) in [6.07, 6.45) is 11.4. The van der Waals surface area contributed by atoms with Gasteiger partial charge in [-0.25, -0.2) is 13.8 Å². The minimum atomic E-state index is -3.29. The summed E-state index contributed by atoms with van der Waals surface area (Å²) in [4.78, 5) is 26.1. The first kappa shape index (κ1) is 34.5. The number of nitrogens with one attached hydrogen (secondary N) is 1. The van der Waals surface area contributed by atoms with E-state index in [1.54, 1.807) is 0 Å². The highest BCUT2D eigenvalue weighted by atomic mass is 19.1. The molecule has 0 spiro atoms. The van der Waals surface area contributed by atoms with Crippen LogP contribution in [0.1, 0.15) is 115 Å². The largest absolute Gasteiger partial charge is 0.394 e. The lowest BCUT2D eigenvalue weighted by Gasteiger charge is -2.43. The average molecular weight is 576 g/mol. The quantitative estimate of drug-likeness (QED) is 0.0592. The van der Waals surface area contributed by atoms with Crippen molar-refractivity contribution in [3.8, 4) is 0 Å². The van der Waals surface area contributed by atoms with Gasteiger partial charge in [0.1, 0.15) is 12.2 Å². The van der Waals surface area contributed by atoms with E-state index in [2.05, 4.69) is 6.92 Å². The molecule has 1 aromatic rings. The fraction of sp³-hybridized carbons (Fsp3) is 0.857. The van der Waals surface area contributed by atoms with E-state index in [4.69, 9.17) is 4.74 Å². The molecule has 2 rings (SSSR count). The second-order valence-corrected chi connectivity index (χ2v) is 11.1. The molecule has 5 atom stereocenters. The summed E-state index contributed by atoms with van der Waals surface area (Å²) in [6.45, 7) is 2.60. The third kappa shape index (κ3) is 8.43. The monoisotopic (exact) mass is 575 g/mol. The van der Waals surface area contributed by atoms with Gasteiger partial charge in [0, 0.05) is 11.8 Å². The van der Waals surface area contributed by atoms with Gasteiger partial charge in [-0.15, -0.1) is 5.06 Å². The number of aryl methyl sites for hydroxylation is 1. The number of unbranched alkanes of at least 4 members (excludes halogenated alkanes) is 14. The van der Waals surface area contributed by atoms with Crippen molar-refractivity contribution in [1.82, 2.24) is 14.6 Å². The van der Waals surface area contributed by atoms with Crippen LogP contribution in [0, 0.1) is 6.92 Å². The maximum Gasteiger partial charge on any atom is 0.332 e. The second-order valence-electron chi connectivity index (χ2n) is 11.1. The van der Waals surface area contributed by atoms with E-state index in [1.165, 1.54) is 71.1 Å². The van der Waals surface area contributed by atoms with Crippen LogP contribution in [0.25, 0.3) is 0 Å². The van der Waals surface area contributed by atoms with Gasteiger partial charge in [0.05, 0.1) is 6.61 Å². The summed E-state index contributed by atoms with van der Waals surface area (Å²) in [7, 11) is 0. The van der Waals surface area contributed by atoms with E-state index in [0.717, 1.165) is 25.5 Å². The van der Waals surface area contributed by atoms with Crippen LogP contribution in [-0.2, 0) is 10.6 Å². The number of rotatable bonds is 20. The fourth-order valence-electron chi connectivity index (χ4n) is 5.28. The van der Waals surface area contributed by atoms with Crippen molar-refractivity contribution in [2.75, 3.05) is 6.61 Å². The molecule has 232 valence electrons. The van der Waals surface area contributed by atoms with Gasteiger partial charge >= 0.3 is 11.6 Å². The van der Waals surface area contributed by atoms with Crippen LogP contribution in [0.4, 0.5) is 4.39 Å². The number of aliphatic hydroxyl groups excluding tert-OH is 2. The number of alkyl halides is 1. The van der Waals surface area contributed by atoms with Crippen molar-refractivity contribution in [3.63, 3.8) is 0 Å². The summed E-state index contributed by atoms with van der Waals surface area (Å²) in [5.74, 6) is -3.24. The van der Waals surface area contributed by atoms with Crippen LogP contribution in [0.5, 0.6) is 0 Å². The summed E-state index contributed by atoms with van der Waals surface area (Å²) in [5.41, 5.74) is -5.37. The van der Waals surface area contributed by atoms with Crippen molar-refractivity contribution < 1.29 is 34.8 Å². The van der Waals surface area contributed by atoms with E-state index in [9.17, 15) is 35.2 Å². The molecule has 40 heavy (non-hydrogen) atoms. The van der Waals surface area contributed by atoms with Crippen LogP contribution in [0.2, 0.25) is 0 Å². The Morgan fingerprint density at radius 2 is 1.45 bits per heavy atom. The Hall–Kier alpha value is -1.67. The number of H-pyrrole nitrogens is 1. The number of aromatic nitrogens is 2. The summed E-state index contributed by atoms with van der Waals surface area (Å²) in [6, 6.07) is 0. The van der Waals surface area contributed by atoms with Gasteiger partial charge in [-0.3, -0.25) is 9.78 Å². The highest BCUT2D eigenvalue weighted by Crippen LogP contribution is 2.44. The highest BCUT2D eigenvalue weighted by molar-refractivity contribution is 5.09. The molecule has 2 heterocycles. The molecule has 1 aliphatic rings. The van der Waals surface area contributed by atoms with Gasteiger partial charge < -0.3 is 30.4 Å². The maximum atomic E-state index is 15.1. The summed E-state index contributed by atoms with van der Waals surface area (Å²) in [5, 5.41) is 52.9. The van der Waals surface area contributed by atoms with Gasteiger partial charge in [-0.1, -0.05) is 96.8 Å². The van der Waals surface area contributed by atoms with Crippen LogP contribution >= 0.6 is 0 Å². The highest BCUT2D eigenvalue weighted by Gasteiger charge is 2.71. The molecular formula is C28H50FN3O8. The van der Waals surface area contributed by atoms with E-state index >= 15 is 4.39 Å². The molecule has 6 N–H and O–H groups in total. The Morgan fingerprint density at radius 1 is 0.975 bits per heavy atom. The number of aliphatic hydroxyl groups is 4. The van der Waals surface area contributed by atoms with Crippen molar-refractivity contribution in [2.24, 2.45) is 0 Å². The zero-order valence-corrected chi connectivity index (χ0v) is 24.1. The number of nitrogens with zero attached hydrogens (tertiary/aromatic N) is 2. The van der Waals surface area contributed by atoms with Crippen molar-refractivity contribution >= 4 is 0 Å². The van der Waals surface area contributed by atoms with Crippen LogP contribution < -0.4 is 11.2 Å². The Labute approximate surface area is 235 Å². The Morgan fingerprint density at radius 3 is 1.93 bits per heavy atom. The van der Waals surface area contributed by atoms with Gasteiger partial charge in [-0.05, 0) is 19.8 Å². The Balaban J connectivity index is 1.81. The third-order valence-electron chi connectivity index (χ3n) is 7.85. The van der Waals surface area contributed by atoms with E-state index in [1.807, 2.05) is 4.98 Å². The predicted molar refractivity (Wildman–Crippen MR) is 147 cm³/mol. The topological polar surface area (TPSA) is 168 Å². The first-order valence-corrected chi connectivity index (χ1v) is 14.9. The lowest BCUT2D eigenvalue weighted by Crippen LogP contribution is -2.69. The molecule has 0 amide bonds. The number of hydrogen-bond acceptors (Lipinski definition) is 9. The maximum absolute atomic E-state index is 15.1. The molecule has 0 aromatic carbocycles. The molecular weight excluding hydrogens is 525 g/mol. The molecule has 0 bridgehead atoms. The fourth-order valence-corrected chi connectivity index (χ4v) is 5.28. The molecule has 1 aliphatic heterocycles. The molecule has 11 nitrogen and oxygen atoms in total. The first-order valence-electron chi connectivity index (χ1n) is 14.9. The summed E-state index contributed by atoms with van der Waals surface area (Å²) >= 11 is 0. The predicted octanol–water partition coefficient (Wildman–Crippen LogP) is 3.14. The van der Waals surface area contributed by atoms with Crippen molar-refractivity contribution in [1.29, 1.82) is 0 Å². The molecule has 1 aromatic heterocycles. The molecule has 12 heteroatoms. The van der Waals surface area contributed by atoms with Gasteiger partial charge in [-0.2, -0.15) is 0 Å². The number of hydrogen-bond donors (Lipinski definition) is 6. The number of halogens is 1. The Kier molecular flexibility index (Phi) is 14.4. The van der Waals surface area contributed by atoms with Gasteiger partial charge in [0.15, 0.2) is 6.30 Å². The lowest BCUT2D eigenvalue weighted by atomic mass is 9.99. The van der Waals surface area contributed by atoms with E-state index in [0.29, 0.717) is 17.4 Å². The molecule has 0 saturated carbocycles. The zero-order valence-electron chi connectivity index (χ0n) is 24.1. The Bertz CT molecular complexity index is 991. The normalized spacial score (nSPS) is 25.6. The minimum Gasteiger partial charge on any atom is -0.394 e. The molecule has 1 saturated heterocycles. The van der Waals surface area contributed by atoms with Crippen molar-refractivity contribution in [2.45, 2.75) is 147 Å². The van der Waals surface area contributed by atoms with Gasteiger partial charge in [0.2, 0.25) is 5.72 Å². The van der Waals surface area contributed by atoms with Crippen molar-refractivity contribution in [3.05, 3.63) is 32.6 Å². The molecule has 1 unspecified atom stereocenters. The minimum absolute atomic E-state index is 0.0694. The standard InChI is InChI=1S/C28H50FN3O8/c1-3-4-5-6-7-8-9-10-11-12-13-14-15-16-17-18-23(29)32(39)27(37)24(34)22(20-33)40-28(27,38)31-19-21(2)25(35)30-26(31)36/h19,22-24,33-34,37-39H,3-18,20H2,1-2H3,(H,30,35,36)/t22-,23?,24-,27-,28+/m1/s1. The number of ether oxygens (including phenoxy) is 1. The second kappa shape index (κ2) is 16.7. The van der Waals surface area contributed by atoms with Crippen LogP contribution in [0.15, 0.2) is 15.8 Å². The third-order valence-corrected chi connectivity index (χ3v) is 7.85. The van der Waals surface area contributed by atoms with Gasteiger partial charge in [0.25, 0.3) is 5.56 Å². The first-order chi connectivity index (χ1) is 19.0. The molecule has 1 fully saturated rings. The lowest BCUT2D eigenvalue weighted by molar-refractivity contribution is -0.428. The molecule has 0 aliphatic carbocycles. The smallest absolute Gasteiger partial charge is 0.332 e. The number of aromatic amines is 1. The SMILES string of the molecule is CCCCCCCCCCCCCCCCCC(F)N(O)[C@@]1(O)[C@H](O)[C@@H](CO)O[C@]1(O)n1cc(C)c(=O)[nH]c1=O. The van der Waals surface area contributed by atoms with Crippen LogP contribution in [0.3, 0.4) is 0 Å². The molecule has 0 radical (unpaired) electrons. The number of hydroxylamine groups is 2.